The average molecular weight is 453 g/mol. The first kappa shape index (κ1) is 21.4. The molecule has 0 spiro atoms. The van der Waals surface area contributed by atoms with Crippen molar-refractivity contribution >= 4 is 56.6 Å². The molecule has 2 aromatic carbocycles. The van der Waals surface area contributed by atoms with Crippen LogP contribution in [0.15, 0.2) is 41.4 Å². The Hall–Kier alpha value is -2.35. The Bertz CT molecular complexity index is 1130. The molecule has 3 aromatic rings. The highest BCUT2D eigenvalue weighted by Gasteiger charge is 2.16. The molecule has 0 aliphatic heterocycles. The molecule has 0 aliphatic rings. The van der Waals surface area contributed by atoms with E-state index >= 15 is 0 Å². The van der Waals surface area contributed by atoms with E-state index in [1.165, 1.54) is 23.0 Å². The molecule has 0 atom stereocenters. The van der Waals surface area contributed by atoms with Gasteiger partial charge in [0.25, 0.3) is 5.91 Å². The highest BCUT2D eigenvalue weighted by Crippen LogP contribution is 2.32. The van der Waals surface area contributed by atoms with Crippen LogP contribution in [0.4, 0.5) is 0 Å². The number of amides is 1. The molecule has 3 rings (SSSR count). The Kier molecular flexibility index (Phi) is 6.62. The monoisotopic (exact) mass is 452 g/mol. The van der Waals surface area contributed by atoms with Gasteiger partial charge in [-0.25, -0.2) is 0 Å². The summed E-state index contributed by atoms with van der Waals surface area (Å²) >= 11 is 13.7. The number of hydrogen-bond donors (Lipinski definition) is 0. The van der Waals surface area contributed by atoms with Gasteiger partial charge in [-0.3, -0.25) is 9.59 Å². The Morgan fingerprint density at radius 1 is 1.14 bits per heavy atom. The lowest BCUT2D eigenvalue weighted by Gasteiger charge is -2.09. The summed E-state index contributed by atoms with van der Waals surface area (Å²) in [6.07, 6.45) is 0.0358. The van der Waals surface area contributed by atoms with Crippen molar-refractivity contribution in [3.8, 4) is 5.75 Å². The number of hydrogen-bond acceptors (Lipinski definition) is 5. The van der Waals surface area contributed by atoms with Gasteiger partial charge in [0.15, 0.2) is 4.80 Å². The highest BCUT2D eigenvalue weighted by molar-refractivity contribution is 7.16. The number of nitrogens with zero attached hydrogens (tertiary/aromatic N) is 2. The summed E-state index contributed by atoms with van der Waals surface area (Å²) in [6, 6.07) is 10.1. The van der Waals surface area contributed by atoms with Crippen LogP contribution in [0.1, 0.15) is 24.2 Å². The number of fused-ring (bicyclic) bond motifs is 1. The molecule has 0 N–H and O–H groups in total. The summed E-state index contributed by atoms with van der Waals surface area (Å²) in [7, 11) is 1.29. The van der Waals surface area contributed by atoms with Crippen molar-refractivity contribution in [1.82, 2.24) is 4.57 Å². The second-order valence-corrected chi connectivity index (χ2v) is 8.16. The maximum Gasteiger partial charge on any atom is 0.325 e. The average Bonchev–Trinajstić information content (AvgIpc) is 3.02. The van der Waals surface area contributed by atoms with Gasteiger partial charge in [0, 0.05) is 5.56 Å². The minimum Gasteiger partial charge on any atom is -0.491 e. The predicted octanol–water partition coefficient (Wildman–Crippen LogP) is 4.71. The first-order valence-corrected chi connectivity index (χ1v) is 10.3. The zero-order chi connectivity index (χ0) is 21.1. The van der Waals surface area contributed by atoms with Crippen molar-refractivity contribution in [3.63, 3.8) is 0 Å². The van der Waals surface area contributed by atoms with Crippen LogP contribution in [-0.2, 0) is 16.1 Å². The van der Waals surface area contributed by atoms with Crippen LogP contribution in [-0.4, -0.2) is 29.7 Å². The van der Waals surface area contributed by atoms with E-state index in [0.717, 1.165) is 4.70 Å². The number of benzene rings is 2. The molecule has 1 amide bonds. The summed E-state index contributed by atoms with van der Waals surface area (Å²) in [5, 5.41) is 0.627. The van der Waals surface area contributed by atoms with Crippen molar-refractivity contribution in [2.75, 3.05) is 7.11 Å². The van der Waals surface area contributed by atoms with Gasteiger partial charge in [-0.2, -0.15) is 4.99 Å². The number of thiazole rings is 1. The van der Waals surface area contributed by atoms with Gasteiger partial charge >= 0.3 is 5.97 Å². The van der Waals surface area contributed by atoms with Gasteiger partial charge in [-0.15, -0.1) is 0 Å². The molecular formula is C20H18Cl2N2O4S. The normalized spacial score (nSPS) is 11.9. The Morgan fingerprint density at radius 3 is 2.45 bits per heavy atom. The molecule has 152 valence electrons. The van der Waals surface area contributed by atoms with E-state index in [1.54, 1.807) is 36.4 Å². The van der Waals surface area contributed by atoms with Crippen molar-refractivity contribution in [2.45, 2.75) is 26.5 Å². The van der Waals surface area contributed by atoms with Crippen molar-refractivity contribution in [3.05, 3.63) is 56.8 Å². The van der Waals surface area contributed by atoms with E-state index in [4.69, 9.17) is 32.7 Å². The molecule has 0 bridgehead atoms. The van der Waals surface area contributed by atoms with Crippen molar-refractivity contribution in [1.29, 1.82) is 0 Å². The highest BCUT2D eigenvalue weighted by atomic mass is 35.5. The third kappa shape index (κ3) is 4.80. The summed E-state index contributed by atoms with van der Waals surface area (Å²) in [4.78, 5) is 29.1. The quantitative estimate of drug-likeness (QED) is 0.525. The summed E-state index contributed by atoms with van der Waals surface area (Å²) in [6.45, 7) is 3.70. The molecule has 6 nitrogen and oxygen atoms in total. The topological polar surface area (TPSA) is 69.9 Å². The van der Waals surface area contributed by atoms with Crippen LogP contribution in [0.25, 0.3) is 10.2 Å². The van der Waals surface area contributed by atoms with E-state index in [0.29, 0.717) is 26.7 Å². The van der Waals surface area contributed by atoms with Gasteiger partial charge in [-0.05, 0) is 50.2 Å². The lowest BCUT2D eigenvalue weighted by atomic mass is 10.2. The molecule has 0 unspecified atom stereocenters. The van der Waals surface area contributed by atoms with Crippen LogP contribution >= 0.6 is 34.5 Å². The van der Waals surface area contributed by atoms with Crippen LogP contribution in [0, 0.1) is 0 Å². The van der Waals surface area contributed by atoms with Gasteiger partial charge in [-0.1, -0.05) is 34.5 Å². The van der Waals surface area contributed by atoms with E-state index in [2.05, 4.69) is 4.99 Å². The number of aromatic nitrogens is 1. The Labute approximate surface area is 181 Å². The smallest absolute Gasteiger partial charge is 0.325 e. The molecule has 29 heavy (non-hydrogen) atoms. The fraction of sp³-hybridized carbons (Fsp3) is 0.250. The van der Waals surface area contributed by atoms with E-state index in [-0.39, 0.29) is 17.7 Å². The fourth-order valence-electron chi connectivity index (χ4n) is 2.63. The van der Waals surface area contributed by atoms with Gasteiger partial charge in [0.2, 0.25) is 0 Å². The summed E-state index contributed by atoms with van der Waals surface area (Å²) < 4.78 is 12.6. The molecule has 0 saturated heterocycles. The molecule has 1 aromatic heterocycles. The third-order valence-electron chi connectivity index (χ3n) is 3.92. The van der Waals surface area contributed by atoms with Crippen molar-refractivity contribution in [2.24, 2.45) is 4.99 Å². The summed E-state index contributed by atoms with van der Waals surface area (Å²) in [5.74, 6) is -0.279. The second kappa shape index (κ2) is 8.98. The number of esters is 1. The standard InChI is InChI=1S/C20H18Cl2N2O4S/c1-11(2)28-13-6-4-12(5-7-13)19(26)23-20-24(10-16(25)27-3)18-15(29-20)9-8-14(21)17(18)22/h4-9,11H,10H2,1-3H3. The van der Waals surface area contributed by atoms with Crippen LogP contribution < -0.4 is 9.54 Å². The van der Waals surface area contributed by atoms with E-state index in [9.17, 15) is 9.59 Å². The molecule has 1 heterocycles. The number of ether oxygens (including phenoxy) is 2. The second-order valence-electron chi connectivity index (χ2n) is 6.36. The van der Waals surface area contributed by atoms with Crippen LogP contribution in [0.2, 0.25) is 10.0 Å². The van der Waals surface area contributed by atoms with E-state index < -0.39 is 11.9 Å². The first-order valence-electron chi connectivity index (χ1n) is 8.70. The zero-order valence-corrected chi connectivity index (χ0v) is 18.3. The van der Waals surface area contributed by atoms with Crippen LogP contribution in [0.5, 0.6) is 5.75 Å². The largest absolute Gasteiger partial charge is 0.491 e. The number of rotatable bonds is 5. The van der Waals surface area contributed by atoms with Gasteiger partial charge in [0.1, 0.15) is 12.3 Å². The molecule has 0 saturated carbocycles. The Balaban J connectivity index is 2.06. The molecule has 0 aliphatic carbocycles. The van der Waals surface area contributed by atoms with E-state index in [1.807, 2.05) is 13.8 Å². The minimum absolute atomic E-state index is 0.0358. The number of carbonyl (C=O) groups is 2. The fourth-order valence-corrected chi connectivity index (χ4v) is 4.14. The molecular weight excluding hydrogens is 435 g/mol. The first-order chi connectivity index (χ1) is 13.8. The van der Waals surface area contributed by atoms with Crippen molar-refractivity contribution < 1.29 is 19.1 Å². The minimum atomic E-state index is -0.496. The molecule has 0 radical (unpaired) electrons. The number of methoxy groups -OCH3 is 1. The lowest BCUT2D eigenvalue weighted by molar-refractivity contribution is -0.141. The maximum absolute atomic E-state index is 12.7. The van der Waals surface area contributed by atoms with Crippen LogP contribution in [0.3, 0.4) is 0 Å². The van der Waals surface area contributed by atoms with Gasteiger partial charge < -0.3 is 14.0 Å². The lowest BCUT2D eigenvalue weighted by Crippen LogP contribution is -2.22. The maximum atomic E-state index is 12.7. The molecule has 9 heteroatoms. The Morgan fingerprint density at radius 2 is 1.83 bits per heavy atom. The number of carbonyl (C=O) groups excluding carboxylic acids is 2. The van der Waals surface area contributed by atoms with Gasteiger partial charge in [0.05, 0.1) is 33.5 Å². The predicted molar refractivity (Wildman–Crippen MR) is 114 cm³/mol. The molecule has 0 fully saturated rings. The zero-order valence-electron chi connectivity index (χ0n) is 15.9. The number of halogens is 2. The SMILES string of the molecule is COC(=O)Cn1c(=NC(=O)c2ccc(OC(C)C)cc2)sc2ccc(Cl)c(Cl)c21. The third-order valence-corrected chi connectivity index (χ3v) is 5.76. The summed E-state index contributed by atoms with van der Waals surface area (Å²) in [5.41, 5.74) is 0.925.